The minimum absolute atomic E-state index is 0.0733. The van der Waals surface area contributed by atoms with E-state index in [1.165, 1.54) is 11.0 Å². The summed E-state index contributed by atoms with van der Waals surface area (Å²) in [5, 5.41) is 9.44. The molecule has 5 nitrogen and oxygen atoms in total. The molecule has 126 valence electrons. The molecule has 7 heteroatoms. The van der Waals surface area contributed by atoms with Gasteiger partial charge in [0.05, 0.1) is 10.4 Å². The number of likely N-dealkylation sites (tertiary alicyclic amines) is 1. The summed E-state index contributed by atoms with van der Waals surface area (Å²) in [6.45, 7) is 5.56. The van der Waals surface area contributed by atoms with Crippen molar-refractivity contribution >= 4 is 28.0 Å². The molecule has 1 heterocycles. The van der Waals surface area contributed by atoms with Gasteiger partial charge in [-0.1, -0.05) is 6.07 Å². The zero-order chi connectivity index (χ0) is 17.4. The standard InChI is InChI=1S/C16H19BrFNO4/c1-16(2,3)23-15(22)19-7-10(11(8-19)14(20)21)9-4-5-13(18)12(17)6-9/h4-6,10-11H,7-8H2,1-3H3,(H,20,21)/t10-,11+/m1/s1. The monoisotopic (exact) mass is 387 g/mol. The van der Waals surface area contributed by atoms with Crippen molar-refractivity contribution in [1.82, 2.24) is 4.90 Å². The lowest BCUT2D eigenvalue weighted by atomic mass is 9.89. The number of halogens is 2. The Morgan fingerprint density at radius 1 is 1.35 bits per heavy atom. The van der Waals surface area contributed by atoms with Crippen molar-refractivity contribution in [2.24, 2.45) is 5.92 Å². The van der Waals surface area contributed by atoms with Crippen LogP contribution in [0.15, 0.2) is 22.7 Å². The highest BCUT2D eigenvalue weighted by Gasteiger charge is 2.41. The van der Waals surface area contributed by atoms with Gasteiger partial charge < -0.3 is 14.7 Å². The van der Waals surface area contributed by atoms with Crippen LogP contribution < -0.4 is 0 Å². The van der Waals surface area contributed by atoms with Gasteiger partial charge in [-0.25, -0.2) is 9.18 Å². The average molecular weight is 388 g/mol. The molecule has 1 aromatic rings. The number of amides is 1. The van der Waals surface area contributed by atoms with Crippen molar-refractivity contribution in [1.29, 1.82) is 0 Å². The Balaban J connectivity index is 2.23. The van der Waals surface area contributed by atoms with E-state index in [9.17, 15) is 19.1 Å². The van der Waals surface area contributed by atoms with E-state index in [-0.39, 0.29) is 17.6 Å². The van der Waals surface area contributed by atoms with Crippen LogP contribution in [0.2, 0.25) is 0 Å². The number of carbonyl (C=O) groups is 2. The van der Waals surface area contributed by atoms with Crippen LogP contribution in [0.25, 0.3) is 0 Å². The molecule has 2 atom stereocenters. The molecule has 23 heavy (non-hydrogen) atoms. The van der Waals surface area contributed by atoms with Gasteiger partial charge in [0.2, 0.25) is 0 Å². The first-order chi connectivity index (χ1) is 10.6. The van der Waals surface area contributed by atoms with Gasteiger partial charge in [-0.3, -0.25) is 4.79 Å². The number of rotatable bonds is 2. The Morgan fingerprint density at radius 3 is 2.52 bits per heavy atom. The third-order valence-corrected chi connectivity index (χ3v) is 4.27. The van der Waals surface area contributed by atoms with E-state index in [1.807, 2.05) is 0 Å². The van der Waals surface area contributed by atoms with Gasteiger partial charge >= 0.3 is 12.1 Å². The number of carboxylic acid groups (broad SMARTS) is 1. The molecule has 2 rings (SSSR count). The first-order valence-electron chi connectivity index (χ1n) is 7.24. The molecule has 1 N–H and O–H groups in total. The summed E-state index contributed by atoms with van der Waals surface area (Å²) < 4.78 is 19.0. The molecule has 1 aliphatic heterocycles. The number of carbonyl (C=O) groups excluding carboxylic acids is 1. The number of nitrogens with zero attached hydrogens (tertiary/aromatic N) is 1. The van der Waals surface area contributed by atoms with Crippen molar-refractivity contribution in [2.45, 2.75) is 32.3 Å². The highest BCUT2D eigenvalue weighted by Crippen LogP contribution is 2.35. The summed E-state index contributed by atoms with van der Waals surface area (Å²) in [7, 11) is 0. The Labute approximate surface area is 142 Å². The second-order valence-electron chi connectivity index (χ2n) is 6.61. The van der Waals surface area contributed by atoms with Crippen molar-refractivity contribution in [3.8, 4) is 0 Å². The van der Waals surface area contributed by atoms with E-state index in [2.05, 4.69) is 15.9 Å². The first kappa shape index (κ1) is 17.7. The van der Waals surface area contributed by atoms with Crippen LogP contribution >= 0.6 is 15.9 Å². The van der Waals surface area contributed by atoms with E-state index in [0.29, 0.717) is 5.56 Å². The van der Waals surface area contributed by atoms with Crippen LogP contribution in [0, 0.1) is 11.7 Å². The van der Waals surface area contributed by atoms with Crippen molar-refractivity contribution in [2.75, 3.05) is 13.1 Å². The lowest BCUT2D eigenvalue weighted by molar-refractivity contribution is -0.141. The number of benzene rings is 1. The molecule has 0 spiro atoms. The number of hydrogen-bond acceptors (Lipinski definition) is 3. The fourth-order valence-electron chi connectivity index (χ4n) is 2.61. The van der Waals surface area contributed by atoms with E-state index in [0.717, 1.165) is 0 Å². The van der Waals surface area contributed by atoms with E-state index in [4.69, 9.17) is 4.74 Å². The van der Waals surface area contributed by atoms with Crippen LogP contribution in [0.4, 0.5) is 9.18 Å². The quantitative estimate of drug-likeness (QED) is 0.841. The van der Waals surface area contributed by atoms with Crippen LogP contribution in [-0.4, -0.2) is 40.8 Å². The Hall–Kier alpha value is -1.63. The van der Waals surface area contributed by atoms with Gasteiger partial charge in [0, 0.05) is 19.0 Å². The predicted octanol–water partition coefficient (Wildman–Crippen LogP) is 3.62. The number of carboxylic acids is 1. The highest BCUT2D eigenvalue weighted by atomic mass is 79.9. The number of ether oxygens (including phenoxy) is 1. The SMILES string of the molecule is CC(C)(C)OC(=O)N1C[C@H](C(=O)O)[C@@H](c2ccc(F)c(Br)c2)C1. The molecule has 0 unspecified atom stereocenters. The molecule has 0 aromatic heterocycles. The summed E-state index contributed by atoms with van der Waals surface area (Å²) >= 11 is 3.11. The topological polar surface area (TPSA) is 66.8 Å². The van der Waals surface area contributed by atoms with Crippen molar-refractivity contribution in [3.63, 3.8) is 0 Å². The van der Waals surface area contributed by atoms with Crippen molar-refractivity contribution in [3.05, 3.63) is 34.1 Å². The minimum atomic E-state index is -0.985. The van der Waals surface area contributed by atoms with Gasteiger partial charge in [-0.15, -0.1) is 0 Å². The summed E-state index contributed by atoms with van der Waals surface area (Å²) in [5.74, 6) is -2.55. The molecular formula is C16H19BrFNO4. The Kier molecular flexibility index (Phi) is 4.98. The fourth-order valence-corrected chi connectivity index (χ4v) is 3.01. The van der Waals surface area contributed by atoms with Crippen LogP contribution in [0.3, 0.4) is 0 Å². The molecule has 1 aliphatic rings. The molecule has 0 saturated carbocycles. The Bertz CT molecular complexity index is 629. The van der Waals surface area contributed by atoms with Gasteiger partial charge in [-0.05, 0) is 54.4 Å². The second kappa shape index (κ2) is 6.47. The minimum Gasteiger partial charge on any atom is -0.481 e. The van der Waals surface area contributed by atoms with Crippen LogP contribution in [0.1, 0.15) is 32.3 Å². The maximum absolute atomic E-state index is 13.4. The second-order valence-corrected chi connectivity index (χ2v) is 7.46. The maximum atomic E-state index is 13.4. The lowest BCUT2D eigenvalue weighted by Crippen LogP contribution is -2.35. The molecule has 1 amide bonds. The fraction of sp³-hybridized carbons (Fsp3) is 0.500. The molecule has 1 saturated heterocycles. The molecule has 0 aliphatic carbocycles. The average Bonchev–Trinajstić information content (AvgIpc) is 2.85. The third kappa shape index (κ3) is 4.22. The number of aliphatic carboxylic acids is 1. The van der Waals surface area contributed by atoms with Gasteiger partial charge in [0.25, 0.3) is 0 Å². The maximum Gasteiger partial charge on any atom is 0.410 e. The van der Waals surface area contributed by atoms with Gasteiger partial charge in [0.1, 0.15) is 11.4 Å². The molecular weight excluding hydrogens is 369 g/mol. The molecule has 0 radical (unpaired) electrons. The zero-order valence-electron chi connectivity index (χ0n) is 13.2. The summed E-state index contributed by atoms with van der Waals surface area (Å²) in [6, 6.07) is 4.41. The molecule has 0 bridgehead atoms. The molecule has 1 aromatic carbocycles. The third-order valence-electron chi connectivity index (χ3n) is 3.66. The van der Waals surface area contributed by atoms with E-state index in [1.54, 1.807) is 32.9 Å². The van der Waals surface area contributed by atoms with Crippen LogP contribution in [0.5, 0.6) is 0 Å². The van der Waals surface area contributed by atoms with Crippen LogP contribution in [-0.2, 0) is 9.53 Å². The Morgan fingerprint density at radius 2 is 2.00 bits per heavy atom. The highest BCUT2D eigenvalue weighted by molar-refractivity contribution is 9.10. The largest absolute Gasteiger partial charge is 0.481 e. The van der Waals surface area contributed by atoms with E-state index >= 15 is 0 Å². The molecule has 1 fully saturated rings. The van der Waals surface area contributed by atoms with Crippen molar-refractivity contribution < 1.29 is 23.8 Å². The first-order valence-corrected chi connectivity index (χ1v) is 8.03. The summed E-state index contributed by atoms with van der Waals surface area (Å²) in [5.41, 5.74) is 0.0315. The summed E-state index contributed by atoms with van der Waals surface area (Å²) in [6.07, 6.45) is -0.535. The van der Waals surface area contributed by atoms with Gasteiger partial charge in [0.15, 0.2) is 0 Å². The smallest absolute Gasteiger partial charge is 0.410 e. The zero-order valence-corrected chi connectivity index (χ0v) is 14.8. The van der Waals surface area contributed by atoms with E-state index < -0.39 is 35.3 Å². The lowest BCUT2D eigenvalue weighted by Gasteiger charge is -2.24. The normalized spacial score (nSPS) is 21.3. The number of hydrogen-bond donors (Lipinski definition) is 1. The predicted molar refractivity (Wildman–Crippen MR) is 85.8 cm³/mol. The van der Waals surface area contributed by atoms with Gasteiger partial charge in [-0.2, -0.15) is 0 Å². The summed E-state index contributed by atoms with van der Waals surface area (Å²) in [4.78, 5) is 25.1.